The quantitative estimate of drug-likeness (QED) is 0.335. The Hall–Kier alpha value is -4.24. The van der Waals surface area contributed by atoms with Crippen LogP contribution < -0.4 is 16.2 Å². The first-order valence-corrected chi connectivity index (χ1v) is 11.5. The number of nitrogens with one attached hydrogen (secondary N) is 2. The number of aryl methyl sites for hydroxylation is 1. The third-order valence-corrected chi connectivity index (χ3v) is 6.10. The molecule has 4 aromatic rings. The predicted octanol–water partition coefficient (Wildman–Crippen LogP) is 4.19. The Kier molecular flexibility index (Phi) is 6.76. The molecule has 1 amide bonds. The highest BCUT2D eigenvalue weighted by Crippen LogP contribution is 2.29. The molecule has 0 unspecified atom stereocenters. The number of fused-ring (bicyclic) bond motifs is 1. The zero-order chi connectivity index (χ0) is 26.1. The van der Waals surface area contributed by atoms with Crippen LogP contribution in [0.2, 0.25) is 5.15 Å². The van der Waals surface area contributed by atoms with E-state index in [9.17, 15) is 19.5 Å². The van der Waals surface area contributed by atoms with Crippen molar-refractivity contribution >= 4 is 40.1 Å². The summed E-state index contributed by atoms with van der Waals surface area (Å²) in [6, 6.07) is 12.8. The van der Waals surface area contributed by atoms with E-state index in [-0.39, 0.29) is 33.9 Å². The Labute approximate surface area is 211 Å². The van der Waals surface area contributed by atoms with Gasteiger partial charge in [-0.25, -0.2) is 14.8 Å². The molecule has 0 bridgehead atoms. The first kappa shape index (κ1) is 24.9. The van der Waals surface area contributed by atoms with E-state index in [0.717, 1.165) is 11.1 Å². The Balaban J connectivity index is 1.85. The predicted molar refractivity (Wildman–Crippen MR) is 139 cm³/mol. The van der Waals surface area contributed by atoms with Gasteiger partial charge in [0.25, 0.3) is 11.5 Å². The SMILES string of the molecule is CNC(=O)c1nc(Cl)ccc1N[C@H](C)c1cc(C)cc2c(=O)n(C)c(-c3ccc(C(=O)O)cc3)nc12. The number of pyridine rings is 1. The number of carbonyl (C=O) groups is 2. The number of rotatable bonds is 6. The van der Waals surface area contributed by atoms with E-state index in [0.29, 0.717) is 28.0 Å². The molecule has 0 aliphatic carbocycles. The average Bonchev–Trinajstić information content (AvgIpc) is 2.86. The summed E-state index contributed by atoms with van der Waals surface area (Å²) in [5, 5.41) is 15.7. The lowest BCUT2D eigenvalue weighted by Gasteiger charge is -2.20. The second kappa shape index (κ2) is 9.79. The van der Waals surface area contributed by atoms with E-state index in [1.54, 1.807) is 37.4 Å². The van der Waals surface area contributed by atoms with Crippen molar-refractivity contribution in [2.24, 2.45) is 7.05 Å². The van der Waals surface area contributed by atoms with E-state index in [2.05, 4.69) is 15.6 Å². The number of carbonyl (C=O) groups excluding carboxylic acids is 1. The molecule has 36 heavy (non-hydrogen) atoms. The van der Waals surface area contributed by atoms with Gasteiger partial charge in [0.15, 0.2) is 5.69 Å². The molecule has 1 atom stereocenters. The van der Waals surface area contributed by atoms with Gasteiger partial charge in [-0.15, -0.1) is 0 Å². The summed E-state index contributed by atoms with van der Waals surface area (Å²) in [6.07, 6.45) is 0. The Morgan fingerprint density at radius 3 is 2.42 bits per heavy atom. The lowest BCUT2D eigenvalue weighted by Crippen LogP contribution is -2.23. The van der Waals surface area contributed by atoms with Crippen LogP contribution in [-0.4, -0.2) is 38.6 Å². The number of amides is 1. The molecule has 2 heterocycles. The van der Waals surface area contributed by atoms with Crippen LogP contribution in [0.4, 0.5) is 5.69 Å². The molecular formula is C26H24ClN5O4. The van der Waals surface area contributed by atoms with Crippen molar-refractivity contribution in [2.75, 3.05) is 12.4 Å². The van der Waals surface area contributed by atoms with Crippen molar-refractivity contribution in [3.05, 3.63) is 86.4 Å². The molecule has 4 rings (SSSR count). The van der Waals surface area contributed by atoms with Gasteiger partial charge >= 0.3 is 5.97 Å². The molecule has 0 saturated heterocycles. The molecule has 0 radical (unpaired) electrons. The van der Waals surface area contributed by atoms with Gasteiger partial charge in [-0.1, -0.05) is 29.8 Å². The standard InChI is InChI=1S/C26H24ClN5O4/c1-13-11-17(14(2)29-19-9-10-20(27)30-22(19)24(33)28-3)21-18(12-13)25(34)32(4)23(31-21)15-5-7-16(8-6-15)26(35)36/h5-12,14,29H,1-4H3,(H,28,33)(H,35,36)/t14-/m1/s1. The molecule has 10 heteroatoms. The van der Waals surface area contributed by atoms with Crippen LogP contribution in [0.3, 0.4) is 0 Å². The van der Waals surface area contributed by atoms with E-state index in [4.69, 9.17) is 16.6 Å². The fourth-order valence-electron chi connectivity index (χ4n) is 4.06. The van der Waals surface area contributed by atoms with E-state index in [1.807, 2.05) is 19.9 Å². The number of hydrogen-bond donors (Lipinski definition) is 3. The van der Waals surface area contributed by atoms with E-state index in [1.165, 1.54) is 23.7 Å². The molecular weight excluding hydrogens is 482 g/mol. The van der Waals surface area contributed by atoms with E-state index < -0.39 is 5.97 Å². The Morgan fingerprint density at radius 2 is 1.78 bits per heavy atom. The number of carboxylic acids is 1. The van der Waals surface area contributed by atoms with Crippen molar-refractivity contribution in [1.29, 1.82) is 0 Å². The van der Waals surface area contributed by atoms with Crippen molar-refractivity contribution in [2.45, 2.75) is 19.9 Å². The molecule has 0 aliphatic heterocycles. The molecule has 2 aromatic heterocycles. The summed E-state index contributed by atoms with van der Waals surface area (Å²) < 4.78 is 1.45. The molecule has 2 aromatic carbocycles. The van der Waals surface area contributed by atoms with Gasteiger partial charge in [0.2, 0.25) is 0 Å². The monoisotopic (exact) mass is 505 g/mol. The summed E-state index contributed by atoms with van der Waals surface area (Å²) in [6.45, 7) is 3.80. The molecule has 9 nitrogen and oxygen atoms in total. The number of anilines is 1. The van der Waals surface area contributed by atoms with Crippen LogP contribution in [0.5, 0.6) is 0 Å². The Morgan fingerprint density at radius 1 is 1.08 bits per heavy atom. The molecule has 3 N–H and O–H groups in total. The van der Waals surface area contributed by atoms with Crippen LogP contribution >= 0.6 is 11.6 Å². The number of aromatic nitrogens is 3. The largest absolute Gasteiger partial charge is 0.478 e. The van der Waals surface area contributed by atoms with Gasteiger partial charge in [-0.2, -0.15) is 0 Å². The summed E-state index contributed by atoms with van der Waals surface area (Å²) >= 11 is 6.01. The van der Waals surface area contributed by atoms with Crippen molar-refractivity contribution < 1.29 is 14.7 Å². The first-order valence-electron chi connectivity index (χ1n) is 11.1. The van der Waals surface area contributed by atoms with Crippen molar-refractivity contribution in [3.63, 3.8) is 0 Å². The van der Waals surface area contributed by atoms with Gasteiger partial charge in [0, 0.05) is 25.2 Å². The highest BCUT2D eigenvalue weighted by Gasteiger charge is 2.20. The lowest BCUT2D eigenvalue weighted by molar-refractivity contribution is 0.0696. The summed E-state index contributed by atoms with van der Waals surface area (Å²) in [5.41, 5.74) is 3.29. The Bertz CT molecular complexity index is 1560. The van der Waals surface area contributed by atoms with Crippen molar-refractivity contribution in [3.8, 4) is 11.4 Å². The molecule has 0 spiro atoms. The highest BCUT2D eigenvalue weighted by molar-refractivity contribution is 6.29. The third-order valence-electron chi connectivity index (χ3n) is 5.89. The second-order valence-electron chi connectivity index (χ2n) is 8.41. The fraction of sp³-hybridized carbons (Fsp3) is 0.192. The average molecular weight is 506 g/mol. The topological polar surface area (TPSA) is 126 Å². The first-order chi connectivity index (χ1) is 17.1. The number of aromatic carboxylic acids is 1. The fourth-order valence-corrected chi connectivity index (χ4v) is 4.20. The zero-order valence-corrected chi connectivity index (χ0v) is 20.8. The van der Waals surface area contributed by atoms with Crippen LogP contribution in [0.15, 0.2) is 53.3 Å². The maximum absolute atomic E-state index is 13.3. The number of carboxylic acid groups (broad SMARTS) is 1. The molecule has 0 saturated carbocycles. The van der Waals surface area contributed by atoms with Crippen LogP contribution in [-0.2, 0) is 7.05 Å². The molecule has 184 valence electrons. The maximum Gasteiger partial charge on any atom is 0.335 e. The van der Waals surface area contributed by atoms with Gasteiger partial charge in [0.05, 0.1) is 28.2 Å². The second-order valence-corrected chi connectivity index (χ2v) is 8.79. The normalized spacial score (nSPS) is 11.8. The van der Waals surface area contributed by atoms with Gasteiger partial charge in [-0.3, -0.25) is 14.2 Å². The third kappa shape index (κ3) is 4.65. The van der Waals surface area contributed by atoms with Crippen LogP contribution in [0, 0.1) is 6.92 Å². The minimum Gasteiger partial charge on any atom is -0.478 e. The number of nitrogens with zero attached hydrogens (tertiary/aromatic N) is 3. The number of halogens is 1. The molecule has 0 aliphatic rings. The number of benzene rings is 2. The smallest absolute Gasteiger partial charge is 0.335 e. The van der Waals surface area contributed by atoms with Crippen LogP contribution in [0.25, 0.3) is 22.3 Å². The van der Waals surface area contributed by atoms with Crippen LogP contribution in [0.1, 0.15) is 44.9 Å². The summed E-state index contributed by atoms with van der Waals surface area (Å²) in [5.74, 6) is -1.02. The van der Waals surface area contributed by atoms with Gasteiger partial charge in [-0.05, 0) is 49.7 Å². The number of hydrogen-bond acceptors (Lipinski definition) is 6. The van der Waals surface area contributed by atoms with Crippen molar-refractivity contribution in [1.82, 2.24) is 19.9 Å². The lowest BCUT2D eigenvalue weighted by atomic mass is 10.0. The zero-order valence-electron chi connectivity index (χ0n) is 20.1. The summed E-state index contributed by atoms with van der Waals surface area (Å²) in [7, 11) is 3.14. The highest BCUT2D eigenvalue weighted by atomic mass is 35.5. The van der Waals surface area contributed by atoms with Gasteiger partial charge < -0.3 is 15.7 Å². The van der Waals surface area contributed by atoms with E-state index >= 15 is 0 Å². The summed E-state index contributed by atoms with van der Waals surface area (Å²) in [4.78, 5) is 45.9. The molecule has 0 fully saturated rings. The minimum atomic E-state index is -1.03. The minimum absolute atomic E-state index is 0.141. The van der Waals surface area contributed by atoms with Gasteiger partial charge in [0.1, 0.15) is 11.0 Å². The maximum atomic E-state index is 13.3.